The Morgan fingerprint density at radius 3 is 2.32 bits per heavy atom. The summed E-state index contributed by atoms with van der Waals surface area (Å²) in [6, 6.07) is 16.6. The van der Waals surface area contributed by atoms with Crippen molar-refractivity contribution in [2.45, 2.75) is 12.8 Å². The molecule has 1 aliphatic rings. The fourth-order valence-corrected chi connectivity index (χ4v) is 2.93. The average Bonchev–Trinajstić information content (AvgIpc) is 2.58. The van der Waals surface area contributed by atoms with Crippen LogP contribution in [0.25, 0.3) is 22.3 Å². The molecule has 1 heterocycles. The Balaban J connectivity index is 0.000000324. The lowest BCUT2D eigenvalue weighted by molar-refractivity contribution is -2.00. The molecule has 0 atom stereocenters. The topological polar surface area (TPSA) is 113 Å². The van der Waals surface area contributed by atoms with Gasteiger partial charge in [0.15, 0.2) is 0 Å². The molecular weight excluding hydrogens is 348 g/mol. The summed E-state index contributed by atoms with van der Waals surface area (Å²) in [4.78, 5) is 0. The zero-order valence-electron chi connectivity index (χ0n) is 13.4. The first-order valence-electron chi connectivity index (χ1n) is 7.49. The lowest BCUT2D eigenvalue weighted by Crippen LogP contribution is -2.68. The second-order valence-electron chi connectivity index (χ2n) is 5.54. The van der Waals surface area contributed by atoms with E-state index in [0.717, 1.165) is 29.9 Å². The highest BCUT2D eigenvalue weighted by Gasteiger charge is 2.27. The molecule has 2 aromatic carbocycles. The van der Waals surface area contributed by atoms with Crippen molar-refractivity contribution in [3.8, 4) is 17.1 Å². The van der Waals surface area contributed by atoms with Gasteiger partial charge >= 0.3 is 11.3 Å². The summed E-state index contributed by atoms with van der Waals surface area (Å²) in [5, 5.41) is 1.17. The van der Waals surface area contributed by atoms with Crippen LogP contribution in [0.2, 0.25) is 0 Å². The summed E-state index contributed by atoms with van der Waals surface area (Å²) in [6.45, 7) is 0. The molecule has 1 aliphatic carbocycles. The molecular formula is C18H15ClO6. The van der Waals surface area contributed by atoms with E-state index in [0.29, 0.717) is 0 Å². The zero-order chi connectivity index (χ0) is 18.0. The van der Waals surface area contributed by atoms with Crippen LogP contribution in [0.4, 0.5) is 0 Å². The molecule has 0 saturated carbocycles. The van der Waals surface area contributed by atoms with Gasteiger partial charge in [0.2, 0.25) is 0 Å². The Morgan fingerprint density at radius 2 is 1.60 bits per heavy atom. The van der Waals surface area contributed by atoms with E-state index in [1.165, 1.54) is 22.1 Å². The van der Waals surface area contributed by atoms with Crippen molar-refractivity contribution in [3.05, 3.63) is 59.7 Å². The molecule has 0 radical (unpaired) electrons. The highest BCUT2D eigenvalue weighted by molar-refractivity contribution is 5.82. The molecule has 0 amide bonds. The molecule has 7 heteroatoms. The number of benzene rings is 2. The van der Waals surface area contributed by atoms with Gasteiger partial charge in [-0.2, -0.15) is 0 Å². The number of halogens is 1. The third-order valence-electron chi connectivity index (χ3n) is 3.97. The molecule has 6 nitrogen and oxygen atoms in total. The van der Waals surface area contributed by atoms with E-state index < -0.39 is 10.2 Å². The fourth-order valence-electron chi connectivity index (χ4n) is 2.93. The lowest BCUT2D eigenvalue weighted by Gasteiger charge is -2.17. The van der Waals surface area contributed by atoms with Crippen molar-refractivity contribution in [1.82, 2.24) is 0 Å². The molecule has 0 bridgehead atoms. The number of para-hydroxylation sites is 1. The van der Waals surface area contributed by atoms with Gasteiger partial charge in [-0.3, -0.25) is 0 Å². The molecule has 0 saturated heterocycles. The molecule has 0 spiro atoms. The first-order valence-corrected chi connectivity index (χ1v) is 8.72. The largest absolute Gasteiger partial charge is 0.497 e. The van der Waals surface area contributed by atoms with Crippen LogP contribution in [0.15, 0.2) is 52.9 Å². The smallest absolute Gasteiger partial charge is 0.364 e. The van der Waals surface area contributed by atoms with E-state index in [4.69, 9.17) is 27.8 Å². The van der Waals surface area contributed by atoms with Gasteiger partial charge in [0, 0.05) is 6.07 Å². The van der Waals surface area contributed by atoms with Gasteiger partial charge in [0.25, 0.3) is 0 Å². The Labute approximate surface area is 146 Å². The Morgan fingerprint density at radius 1 is 0.920 bits per heavy atom. The van der Waals surface area contributed by atoms with Crippen molar-refractivity contribution in [1.29, 1.82) is 0 Å². The van der Waals surface area contributed by atoms with Crippen LogP contribution in [0.5, 0.6) is 5.75 Å². The van der Waals surface area contributed by atoms with Crippen LogP contribution in [-0.4, -0.2) is 7.11 Å². The number of ether oxygens (including phenoxy) is 1. The average molecular weight is 363 g/mol. The molecule has 25 heavy (non-hydrogen) atoms. The van der Waals surface area contributed by atoms with Crippen LogP contribution in [-0.2, 0) is 12.8 Å². The van der Waals surface area contributed by atoms with Crippen molar-refractivity contribution in [2.24, 2.45) is 0 Å². The summed E-state index contributed by atoms with van der Waals surface area (Å²) >= 11 is 0. The Hall–Kier alpha value is -2.22. The number of rotatable bonds is 1. The van der Waals surface area contributed by atoms with Crippen molar-refractivity contribution in [3.63, 3.8) is 0 Å². The molecule has 0 fully saturated rings. The maximum absolute atomic E-state index is 8.49. The molecule has 4 rings (SSSR count). The van der Waals surface area contributed by atoms with E-state index in [-0.39, 0.29) is 0 Å². The number of hydrogen-bond donors (Lipinski definition) is 0. The predicted octanol–water partition coefficient (Wildman–Crippen LogP) is -0.268. The standard InChI is InChI=1S/C18H15O2.ClHO4/c1-19-15-8-9-16-12(11-15)6-7-14-10-13-4-2-3-5-17(13)20-18(14)16;2-1(3,4)5/h2-5,8-11H,6-7H2,1H3;(H,2,3,4,5)/q+1;/p-1. The van der Waals surface area contributed by atoms with Gasteiger partial charge in [-0.1, -0.05) is 12.1 Å². The van der Waals surface area contributed by atoms with Gasteiger partial charge < -0.3 is 4.74 Å². The summed E-state index contributed by atoms with van der Waals surface area (Å²) in [7, 11) is -3.24. The predicted molar refractivity (Wildman–Crippen MR) is 80.0 cm³/mol. The van der Waals surface area contributed by atoms with Crippen LogP contribution in [0, 0.1) is 10.2 Å². The molecule has 130 valence electrons. The van der Waals surface area contributed by atoms with E-state index in [1.807, 2.05) is 24.3 Å². The van der Waals surface area contributed by atoms with Crippen LogP contribution in [0.3, 0.4) is 0 Å². The van der Waals surface area contributed by atoms with Crippen molar-refractivity contribution in [2.75, 3.05) is 7.11 Å². The lowest BCUT2D eigenvalue weighted by atomic mass is 9.89. The highest BCUT2D eigenvalue weighted by atomic mass is 35.7. The molecule has 1 aromatic heterocycles. The SMILES string of the molecule is COc1ccc2c(c1)CCc1cc3ccccc3[o+]c1-2.[O-][Cl+3]([O-])([O-])[O-]. The first kappa shape index (κ1) is 17.6. The molecule has 3 aromatic rings. The van der Waals surface area contributed by atoms with Gasteiger partial charge in [-0.25, -0.2) is 23.1 Å². The quantitative estimate of drug-likeness (QED) is 0.551. The normalized spacial score (nSPS) is 12.7. The number of aryl methyl sites for hydroxylation is 2. The van der Waals surface area contributed by atoms with Gasteiger partial charge in [0.05, 0.1) is 23.6 Å². The maximum atomic E-state index is 8.49. The van der Waals surface area contributed by atoms with E-state index in [1.54, 1.807) is 7.11 Å². The Kier molecular flexibility index (Phi) is 4.89. The maximum Gasteiger partial charge on any atom is 0.364 e. The minimum Gasteiger partial charge on any atom is -0.497 e. The van der Waals surface area contributed by atoms with Crippen molar-refractivity contribution >= 4 is 11.0 Å². The molecule has 0 unspecified atom stereocenters. The summed E-state index contributed by atoms with van der Waals surface area (Å²) < 4.78 is 45.4. The number of hydrogen-bond acceptors (Lipinski definition) is 5. The second-order valence-corrected chi connectivity index (χ2v) is 6.30. The highest BCUT2D eigenvalue weighted by Crippen LogP contribution is 2.37. The van der Waals surface area contributed by atoms with E-state index in [2.05, 4.69) is 24.3 Å². The van der Waals surface area contributed by atoms with Crippen LogP contribution in [0.1, 0.15) is 11.1 Å². The minimum atomic E-state index is -4.94. The Bertz CT molecular complexity index is 898. The minimum absolute atomic E-state index is 0.910. The first-order chi connectivity index (χ1) is 11.8. The monoisotopic (exact) mass is 362 g/mol. The van der Waals surface area contributed by atoms with E-state index >= 15 is 0 Å². The molecule has 0 N–H and O–H groups in total. The summed E-state index contributed by atoms with van der Waals surface area (Å²) in [6.07, 6.45) is 2.05. The van der Waals surface area contributed by atoms with E-state index in [9.17, 15) is 0 Å². The summed E-state index contributed by atoms with van der Waals surface area (Å²) in [5.41, 5.74) is 4.73. The zero-order valence-corrected chi connectivity index (χ0v) is 14.1. The third-order valence-corrected chi connectivity index (χ3v) is 3.97. The third kappa shape index (κ3) is 4.25. The van der Waals surface area contributed by atoms with Gasteiger partial charge in [-0.05, 0) is 48.7 Å². The van der Waals surface area contributed by atoms with Crippen LogP contribution < -0.4 is 23.4 Å². The fraction of sp³-hybridized carbons (Fsp3) is 0.167. The van der Waals surface area contributed by atoms with Crippen LogP contribution >= 0.6 is 0 Å². The van der Waals surface area contributed by atoms with Gasteiger partial charge in [0.1, 0.15) is 5.75 Å². The summed E-state index contributed by atoms with van der Waals surface area (Å²) in [5.74, 6) is 1.92. The van der Waals surface area contributed by atoms with Crippen molar-refractivity contribution < 1.29 is 38.0 Å². The van der Waals surface area contributed by atoms with Gasteiger partial charge in [-0.15, -0.1) is 10.2 Å². The number of fused-ring (bicyclic) bond motifs is 4. The number of methoxy groups -OCH3 is 1. The second kappa shape index (κ2) is 6.95. The molecule has 0 aliphatic heterocycles.